The highest BCUT2D eigenvalue weighted by atomic mass is 79.9. The van der Waals surface area contributed by atoms with Crippen LogP contribution in [0.2, 0.25) is 0 Å². The topological polar surface area (TPSA) is 99.1 Å². The fourth-order valence-corrected chi connectivity index (χ4v) is 2.94. The Kier molecular flexibility index (Phi) is 7.34. The Morgan fingerprint density at radius 1 is 0.935 bits per heavy atom. The van der Waals surface area contributed by atoms with E-state index in [4.69, 9.17) is 14.2 Å². The molecule has 0 aliphatic rings. The Morgan fingerprint density at radius 3 is 2.35 bits per heavy atom. The highest BCUT2D eigenvalue weighted by Gasteiger charge is 2.15. The van der Waals surface area contributed by atoms with Crippen molar-refractivity contribution in [3.05, 3.63) is 82.1 Å². The number of amides is 1. The van der Waals surface area contributed by atoms with Gasteiger partial charge >= 0.3 is 5.97 Å². The van der Waals surface area contributed by atoms with Crippen molar-refractivity contribution < 1.29 is 23.8 Å². The number of carbonyl (C=O) groups is 2. The van der Waals surface area contributed by atoms with Gasteiger partial charge in [0.15, 0.2) is 11.5 Å². The SMILES string of the molecule is COc1ccc(C(=O)Oc2ccc(Br)cc2/C=N/NC(=O)c2ccncc2)cc1OC. The van der Waals surface area contributed by atoms with E-state index in [2.05, 4.69) is 31.4 Å². The van der Waals surface area contributed by atoms with Crippen LogP contribution in [0.1, 0.15) is 26.3 Å². The van der Waals surface area contributed by atoms with E-state index in [1.807, 2.05) is 0 Å². The quantitative estimate of drug-likeness (QED) is 0.237. The Balaban J connectivity index is 1.77. The molecule has 1 heterocycles. The summed E-state index contributed by atoms with van der Waals surface area (Å²) in [7, 11) is 2.99. The van der Waals surface area contributed by atoms with E-state index < -0.39 is 11.9 Å². The van der Waals surface area contributed by atoms with Crippen molar-refractivity contribution in [3.8, 4) is 17.2 Å². The first kappa shape index (κ1) is 22.0. The molecule has 2 aromatic carbocycles. The lowest BCUT2D eigenvalue weighted by atomic mass is 10.2. The number of hydrogen-bond acceptors (Lipinski definition) is 7. The molecular formula is C22H18BrN3O5. The maximum Gasteiger partial charge on any atom is 0.343 e. The number of pyridine rings is 1. The second kappa shape index (κ2) is 10.4. The summed E-state index contributed by atoms with van der Waals surface area (Å²) in [5, 5.41) is 3.96. The minimum atomic E-state index is -0.584. The normalized spacial score (nSPS) is 10.5. The van der Waals surface area contributed by atoms with Gasteiger partial charge in [-0.1, -0.05) is 15.9 Å². The highest BCUT2D eigenvalue weighted by molar-refractivity contribution is 9.10. The molecule has 1 amide bonds. The van der Waals surface area contributed by atoms with Gasteiger partial charge in [-0.25, -0.2) is 10.2 Å². The summed E-state index contributed by atoms with van der Waals surface area (Å²) in [5.41, 5.74) is 3.61. The highest BCUT2D eigenvalue weighted by Crippen LogP contribution is 2.29. The number of nitrogens with one attached hydrogen (secondary N) is 1. The monoisotopic (exact) mass is 483 g/mol. The summed E-state index contributed by atoms with van der Waals surface area (Å²) >= 11 is 3.37. The number of methoxy groups -OCH3 is 2. The molecule has 0 spiro atoms. The molecule has 0 aliphatic carbocycles. The van der Waals surface area contributed by atoms with Crippen molar-refractivity contribution in [3.63, 3.8) is 0 Å². The van der Waals surface area contributed by atoms with Crippen LogP contribution in [0.4, 0.5) is 0 Å². The number of esters is 1. The number of nitrogens with zero attached hydrogens (tertiary/aromatic N) is 2. The minimum absolute atomic E-state index is 0.268. The molecule has 3 rings (SSSR count). The van der Waals surface area contributed by atoms with Crippen molar-refractivity contribution >= 4 is 34.0 Å². The van der Waals surface area contributed by atoms with Gasteiger partial charge < -0.3 is 14.2 Å². The molecular weight excluding hydrogens is 466 g/mol. The fourth-order valence-electron chi connectivity index (χ4n) is 2.56. The van der Waals surface area contributed by atoms with E-state index >= 15 is 0 Å². The van der Waals surface area contributed by atoms with Crippen LogP contribution >= 0.6 is 15.9 Å². The number of benzene rings is 2. The number of aromatic nitrogens is 1. The van der Waals surface area contributed by atoms with E-state index in [1.165, 1.54) is 38.9 Å². The average Bonchev–Trinajstić information content (AvgIpc) is 2.80. The molecule has 0 saturated heterocycles. The summed E-state index contributed by atoms with van der Waals surface area (Å²) in [5.74, 6) is 0.204. The fraction of sp³-hybridized carbons (Fsp3) is 0.0909. The molecule has 0 bridgehead atoms. The first-order chi connectivity index (χ1) is 15.0. The lowest BCUT2D eigenvalue weighted by Gasteiger charge is -2.11. The summed E-state index contributed by atoms with van der Waals surface area (Å²) in [6, 6.07) is 12.9. The maximum atomic E-state index is 12.6. The molecule has 1 aromatic heterocycles. The molecule has 0 aliphatic heterocycles. The molecule has 0 atom stereocenters. The van der Waals surface area contributed by atoms with Gasteiger partial charge in [0.2, 0.25) is 0 Å². The minimum Gasteiger partial charge on any atom is -0.493 e. The van der Waals surface area contributed by atoms with Crippen LogP contribution in [0.25, 0.3) is 0 Å². The lowest BCUT2D eigenvalue weighted by Crippen LogP contribution is -2.17. The number of hydrazone groups is 1. The van der Waals surface area contributed by atoms with Gasteiger partial charge in [0.05, 0.1) is 26.0 Å². The molecule has 0 unspecified atom stereocenters. The Morgan fingerprint density at radius 2 is 1.65 bits per heavy atom. The molecule has 3 aromatic rings. The smallest absolute Gasteiger partial charge is 0.343 e. The predicted octanol–water partition coefficient (Wildman–Crippen LogP) is 3.84. The third-order valence-electron chi connectivity index (χ3n) is 4.11. The van der Waals surface area contributed by atoms with Crippen LogP contribution in [-0.2, 0) is 0 Å². The lowest BCUT2D eigenvalue weighted by molar-refractivity contribution is 0.0733. The van der Waals surface area contributed by atoms with Gasteiger partial charge in [-0.2, -0.15) is 5.10 Å². The van der Waals surface area contributed by atoms with Crippen molar-refractivity contribution in [2.24, 2.45) is 5.10 Å². The second-order valence-corrected chi connectivity index (χ2v) is 6.99. The van der Waals surface area contributed by atoms with Crippen LogP contribution in [-0.4, -0.2) is 37.3 Å². The van der Waals surface area contributed by atoms with Crippen LogP contribution in [0.5, 0.6) is 17.2 Å². The van der Waals surface area contributed by atoms with E-state index in [-0.39, 0.29) is 11.3 Å². The first-order valence-electron chi connectivity index (χ1n) is 8.99. The predicted molar refractivity (Wildman–Crippen MR) is 118 cm³/mol. The third-order valence-corrected chi connectivity index (χ3v) is 4.60. The van der Waals surface area contributed by atoms with E-state index in [0.717, 1.165) is 4.47 Å². The zero-order chi connectivity index (χ0) is 22.2. The third kappa shape index (κ3) is 5.67. The maximum absolute atomic E-state index is 12.6. The molecule has 9 heteroatoms. The van der Waals surface area contributed by atoms with E-state index in [9.17, 15) is 9.59 Å². The number of ether oxygens (including phenoxy) is 3. The summed E-state index contributed by atoms with van der Waals surface area (Å²) in [6.07, 6.45) is 4.42. The number of rotatable bonds is 7. The Labute approximate surface area is 187 Å². The Hall–Kier alpha value is -3.72. The Bertz CT molecular complexity index is 1120. The van der Waals surface area contributed by atoms with Crippen LogP contribution in [0.3, 0.4) is 0 Å². The summed E-state index contributed by atoms with van der Waals surface area (Å²) in [4.78, 5) is 28.6. The number of carbonyl (C=O) groups excluding carboxylic acids is 2. The van der Waals surface area contributed by atoms with Crippen molar-refractivity contribution in [1.82, 2.24) is 10.4 Å². The molecule has 0 saturated carbocycles. The zero-order valence-corrected chi connectivity index (χ0v) is 18.3. The first-order valence-corrected chi connectivity index (χ1v) is 9.78. The molecule has 1 N–H and O–H groups in total. The second-order valence-electron chi connectivity index (χ2n) is 6.08. The zero-order valence-electron chi connectivity index (χ0n) is 16.7. The van der Waals surface area contributed by atoms with Gasteiger partial charge in [0.25, 0.3) is 5.91 Å². The van der Waals surface area contributed by atoms with Gasteiger partial charge in [0, 0.05) is 28.0 Å². The van der Waals surface area contributed by atoms with Crippen molar-refractivity contribution in [2.45, 2.75) is 0 Å². The van der Waals surface area contributed by atoms with Gasteiger partial charge in [-0.05, 0) is 48.5 Å². The summed E-state index contributed by atoms with van der Waals surface area (Å²) in [6.45, 7) is 0. The van der Waals surface area contributed by atoms with E-state index in [1.54, 1.807) is 42.5 Å². The standard InChI is InChI=1S/C22H18BrN3O5/c1-29-19-5-3-15(12-20(19)30-2)22(28)31-18-6-4-17(23)11-16(18)13-25-26-21(27)14-7-9-24-10-8-14/h3-13H,1-2H3,(H,26,27)/b25-13+. The van der Waals surface area contributed by atoms with Crippen molar-refractivity contribution in [2.75, 3.05) is 14.2 Å². The van der Waals surface area contributed by atoms with Crippen LogP contribution < -0.4 is 19.6 Å². The largest absolute Gasteiger partial charge is 0.493 e. The molecule has 31 heavy (non-hydrogen) atoms. The summed E-state index contributed by atoms with van der Waals surface area (Å²) < 4.78 is 16.7. The van der Waals surface area contributed by atoms with Crippen LogP contribution in [0.15, 0.2) is 70.5 Å². The molecule has 0 fully saturated rings. The molecule has 8 nitrogen and oxygen atoms in total. The van der Waals surface area contributed by atoms with Gasteiger partial charge in [0.1, 0.15) is 5.75 Å². The van der Waals surface area contributed by atoms with E-state index in [0.29, 0.717) is 22.6 Å². The van der Waals surface area contributed by atoms with Gasteiger partial charge in [-0.15, -0.1) is 0 Å². The molecule has 158 valence electrons. The average molecular weight is 484 g/mol. The van der Waals surface area contributed by atoms with Crippen molar-refractivity contribution in [1.29, 1.82) is 0 Å². The van der Waals surface area contributed by atoms with Gasteiger partial charge in [-0.3, -0.25) is 9.78 Å². The number of halogens is 1. The van der Waals surface area contributed by atoms with Crippen LogP contribution in [0, 0.1) is 0 Å². The molecule has 0 radical (unpaired) electrons. The number of hydrogen-bond donors (Lipinski definition) is 1.